The molecule has 0 saturated heterocycles. The monoisotopic (exact) mass is 428 g/mol. The third-order valence-corrected chi connectivity index (χ3v) is 5.13. The van der Waals surface area contributed by atoms with E-state index in [1.165, 1.54) is 6.07 Å². The minimum Gasteiger partial charge on any atom is -0.394 e. The van der Waals surface area contributed by atoms with Crippen molar-refractivity contribution >= 4 is 11.4 Å². The van der Waals surface area contributed by atoms with Gasteiger partial charge in [0, 0.05) is 6.54 Å². The lowest BCUT2D eigenvalue weighted by Gasteiger charge is -2.22. The Balaban J connectivity index is 1.81. The van der Waals surface area contributed by atoms with Crippen molar-refractivity contribution in [1.82, 2.24) is 0 Å². The minimum absolute atomic E-state index is 0.207. The van der Waals surface area contributed by atoms with Crippen LogP contribution in [0.3, 0.4) is 0 Å². The van der Waals surface area contributed by atoms with E-state index >= 15 is 0 Å². The van der Waals surface area contributed by atoms with E-state index < -0.39 is 17.8 Å². The third kappa shape index (κ3) is 6.49. The molecule has 3 aromatic rings. The standard InChI is InChI=1S/C25H27F3N2O/c1-17-3-7-19(8-4-17)13-22(16-31)30-24-14-21(25(26,27)28)11-12-23(24)29-15-20-9-5-18(2)6-10-20/h3-12,14,22,29-31H,13,15-16H2,1-2H3/t22-/m0/s1. The Morgan fingerprint density at radius 3 is 1.94 bits per heavy atom. The van der Waals surface area contributed by atoms with Crippen LogP contribution >= 0.6 is 0 Å². The first-order chi connectivity index (χ1) is 14.7. The van der Waals surface area contributed by atoms with Crippen LogP contribution in [-0.4, -0.2) is 17.8 Å². The summed E-state index contributed by atoms with van der Waals surface area (Å²) in [5.74, 6) is 0. The van der Waals surface area contributed by atoms with Gasteiger partial charge in [-0.3, -0.25) is 0 Å². The first-order valence-corrected chi connectivity index (χ1v) is 10.2. The average molecular weight is 428 g/mol. The number of alkyl halides is 3. The van der Waals surface area contributed by atoms with Crippen molar-refractivity contribution in [2.24, 2.45) is 0 Å². The molecule has 0 aliphatic rings. The van der Waals surface area contributed by atoms with Gasteiger partial charge in [0.25, 0.3) is 0 Å². The number of aliphatic hydroxyl groups is 1. The zero-order valence-corrected chi connectivity index (χ0v) is 17.6. The molecule has 3 rings (SSSR count). The fraction of sp³-hybridized carbons (Fsp3) is 0.280. The van der Waals surface area contributed by atoms with Crippen LogP contribution < -0.4 is 10.6 Å². The van der Waals surface area contributed by atoms with Crippen LogP contribution in [0.5, 0.6) is 0 Å². The van der Waals surface area contributed by atoms with Crippen LogP contribution in [-0.2, 0) is 19.1 Å². The fourth-order valence-corrected chi connectivity index (χ4v) is 3.29. The van der Waals surface area contributed by atoms with Gasteiger partial charge in [-0.2, -0.15) is 13.2 Å². The van der Waals surface area contributed by atoms with Gasteiger partial charge in [-0.15, -0.1) is 0 Å². The maximum atomic E-state index is 13.3. The van der Waals surface area contributed by atoms with Crippen molar-refractivity contribution in [1.29, 1.82) is 0 Å². The first kappa shape index (κ1) is 22.7. The highest BCUT2D eigenvalue weighted by molar-refractivity contribution is 5.70. The Kier molecular flexibility index (Phi) is 7.23. The number of aryl methyl sites for hydroxylation is 2. The van der Waals surface area contributed by atoms with Crippen molar-refractivity contribution < 1.29 is 18.3 Å². The predicted molar refractivity (Wildman–Crippen MR) is 119 cm³/mol. The molecule has 0 fully saturated rings. The summed E-state index contributed by atoms with van der Waals surface area (Å²) in [5.41, 5.74) is 4.42. The number of benzene rings is 3. The fourth-order valence-electron chi connectivity index (χ4n) is 3.29. The first-order valence-electron chi connectivity index (χ1n) is 10.2. The second kappa shape index (κ2) is 9.88. The molecule has 3 N–H and O–H groups in total. The summed E-state index contributed by atoms with van der Waals surface area (Å²) >= 11 is 0. The normalized spacial score (nSPS) is 12.5. The van der Waals surface area contributed by atoms with Crippen molar-refractivity contribution in [2.75, 3.05) is 17.2 Å². The van der Waals surface area contributed by atoms with Crippen molar-refractivity contribution in [3.05, 3.63) is 94.5 Å². The van der Waals surface area contributed by atoms with Gasteiger partial charge in [0.15, 0.2) is 0 Å². The molecule has 1 atom stereocenters. The topological polar surface area (TPSA) is 44.3 Å². The van der Waals surface area contributed by atoms with Crippen LogP contribution in [0, 0.1) is 13.8 Å². The van der Waals surface area contributed by atoms with Gasteiger partial charge in [0.1, 0.15) is 0 Å². The summed E-state index contributed by atoms with van der Waals surface area (Å²) in [6, 6.07) is 19.0. The van der Waals surface area contributed by atoms with Crippen LogP contribution in [0.2, 0.25) is 0 Å². The number of aliphatic hydroxyl groups excluding tert-OH is 1. The van der Waals surface area contributed by atoms with E-state index in [1.807, 2.05) is 62.4 Å². The van der Waals surface area contributed by atoms with Gasteiger partial charge in [-0.05, 0) is 49.6 Å². The van der Waals surface area contributed by atoms with Gasteiger partial charge < -0.3 is 15.7 Å². The SMILES string of the molecule is Cc1ccc(CNc2ccc(C(F)(F)F)cc2N[C@H](CO)Cc2ccc(C)cc2)cc1. The summed E-state index contributed by atoms with van der Waals surface area (Å²) in [7, 11) is 0. The second-order valence-electron chi connectivity index (χ2n) is 7.81. The predicted octanol–water partition coefficient (Wildman–Crippen LogP) is 5.95. The molecule has 3 nitrogen and oxygen atoms in total. The molecule has 31 heavy (non-hydrogen) atoms. The zero-order chi connectivity index (χ0) is 22.4. The summed E-state index contributed by atoms with van der Waals surface area (Å²) < 4.78 is 39.9. The number of hydrogen-bond donors (Lipinski definition) is 3. The number of halogens is 3. The highest BCUT2D eigenvalue weighted by Crippen LogP contribution is 2.34. The zero-order valence-electron chi connectivity index (χ0n) is 17.6. The van der Waals surface area contributed by atoms with Crippen LogP contribution in [0.4, 0.5) is 24.5 Å². The Labute approximate surface area is 180 Å². The van der Waals surface area contributed by atoms with Gasteiger partial charge in [0.05, 0.1) is 29.6 Å². The Morgan fingerprint density at radius 1 is 0.806 bits per heavy atom. The van der Waals surface area contributed by atoms with Gasteiger partial charge in [-0.25, -0.2) is 0 Å². The number of rotatable bonds is 8. The van der Waals surface area contributed by atoms with Crippen molar-refractivity contribution in [2.45, 2.75) is 39.0 Å². The van der Waals surface area contributed by atoms with Crippen LogP contribution in [0.1, 0.15) is 27.8 Å². The van der Waals surface area contributed by atoms with E-state index in [2.05, 4.69) is 10.6 Å². The van der Waals surface area contributed by atoms with Crippen molar-refractivity contribution in [3.8, 4) is 0 Å². The van der Waals surface area contributed by atoms with Crippen molar-refractivity contribution in [3.63, 3.8) is 0 Å². The quantitative estimate of drug-likeness (QED) is 0.415. The molecule has 3 aromatic carbocycles. The number of hydrogen-bond acceptors (Lipinski definition) is 3. The second-order valence-corrected chi connectivity index (χ2v) is 7.81. The largest absolute Gasteiger partial charge is 0.416 e. The molecular weight excluding hydrogens is 401 g/mol. The lowest BCUT2D eigenvalue weighted by Crippen LogP contribution is -2.27. The lowest BCUT2D eigenvalue weighted by molar-refractivity contribution is -0.137. The molecule has 6 heteroatoms. The highest BCUT2D eigenvalue weighted by Gasteiger charge is 2.31. The average Bonchev–Trinajstić information content (AvgIpc) is 2.74. The number of anilines is 2. The van der Waals surface area contributed by atoms with E-state index in [0.717, 1.165) is 34.4 Å². The molecule has 0 bridgehead atoms. The molecule has 0 heterocycles. The maximum absolute atomic E-state index is 13.3. The van der Waals surface area contributed by atoms with Gasteiger partial charge in [0.2, 0.25) is 0 Å². The van der Waals surface area contributed by atoms with Gasteiger partial charge >= 0.3 is 6.18 Å². The number of nitrogens with one attached hydrogen (secondary N) is 2. The molecule has 0 saturated carbocycles. The van der Waals surface area contributed by atoms with E-state index in [0.29, 0.717) is 24.3 Å². The lowest BCUT2D eigenvalue weighted by atomic mass is 10.0. The molecule has 0 aromatic heterocycles. The molecule has 0 unspecified atom stereocenters. The summed E-state index contributed by atoms with van der Waals surface area (Å²) in [5, 5.41) is 16.2. The Bertz CT molecular complexity index is 983. The maximum Gasteiger partial charge on any atom is 0.416 e. The molecule has 0 radical (unpaired) electrons. The Morgan fingerprint density at radius 2 is 1.39 bits per heavy atom. The third-order valence-electron chi connectivity index (χ3n) is 5.13. The molecular formula is C25H27F3N2O. The molecule has 0 aliphatic carbocycles. The van der Waals surface area contributed by atoms with E-state index in [4.69, 9.17) is 0 Å². The van der Waals surface area contributed by atoms with Gasteiger partial charge in [-0.1, -0.05) is 59.7 Å². The molecule has 0 spiro atoms. The molecule has 0 amide bonds. The minimum atomic E-state index is -4.45. The van der Waals surface area contributed by atoms with E-state index in [9.17, 15) is 18.3 Å². The van der Waals surface area contributed by atoms with Crippen LogP contribution in [0.15, 0.2) is 66.7 Å². The smallest absolute Gasteiger partial charge is 0.394 e. The highest BCUT2D eigenvalue weighted by atomic mass is 19.4. The Hall–Kier alpha value is -2.99. The molecule has 0 aliphatic heterocycles. The summed E-state index contributed by atoms with van der Waals surface area (Å²) in [6.45, 7) is 4.25. The van der Waals surface area contributed by atoms with E-state index in [-0.39, 0.29) is 6.61 Å². The van der Waals surface area contributed by atoms with E-state index in [1.54, 1.807) is 0 Å². The van der Waals surface area contributed by atoms with Crippen LogP contribution in [0.25, 0.3) is 0 Å². The summed E-state index contributed by atoms with van der Waals surface area (Å²) in [6.07, 6.45) is -3.96. The summed E-state index contributed by atoms with van der Waals surface area (Å²) in [4.78, 5) is 0. The molecule has 164 valence electrons.